The van der Waals surface area contributed by atoms with Crippen LogP contribution in [0.2, 0.25) is 0 Å². The molecule has 1 saturated carbocycles. The van der Waals surface area contributed by atoms with Crippen LogP contribution in [0.5, 0.6) is 0 Å². The molecule has 4 rings (SSSR count). The molecule has 1 heteroatoms. The second kappa shape index (κ2) is 2.39. The number of ketones is 1. The van der Waals surface area contributed by atoms with Crippen LogP contribution in [0.3, 0.4) is 0 Å². The largest absolute Gasteiger partial charge is 0.298 e. The van der Waals surface area contributed by atoms with Gasteiger partial charge in [0.15, 0.2) is 0 Å². The van der Waals surface area contributed by atoms with Gasteiger partial charge in [0.1, 0.15) is 5.78 Å². The van der Waals surface area contributed by atoms with Crippen molar-refractivity contribution in [2.75, 3.05) is 0 Å². The quantitative estimate of drug-likeness (QED) is 0.534. The first-order chi connectivity index (χ1) is 6.65. The number of carbonyl (C=O) groups is 1. The third-order valence-corrected chi connectivity index (χ3v) is 4.54. The Kier molecular flexibility index (Phi) is 1.44. The molecule has 0 aromatic heterocycles. The maximum Gasteiger partial charge on any atom is 0.147 e. The van der Waals surface area contributed by atoms with Crippen LogP contribution in [0.25, 0.3) is 0 Å². The highest BCUT2D eigenvalue weighted by Crippen LogP contribution is 2.57. The Morgan fingerprint density at radius 2 is 2.29 bits per heavy atom. The van der Waals surface area contributed by atoms with Crippen molar-refractivity contribution in [3.05, 3.63) is 23.8 Å². The summed E-state index contributed by atoms with van der Waals surface area (Å²) in [7, 11) is 0. The Labute approximate surface area is 84.9 Å². The van der Waals surface area contributed by atoms with E-state index in [4.69, 9.17) is 0 Å². The SMILES string of the molecule is CC1=C[C@]23CC=C[C@H]2C[C@@H]1[C@H](C)C3=O. The van der Waals surface area contributed by atoms with Gasteiger partial charge in [-0.25, -0.2) is 0 Å². The summed E-state index contributed by atoms with van der Waals surface area (Å²) in [5.74, 6) is 1.79. The molecule has 0 N–H and O–H groups in total. The van der Waals surface area contributed by atoms with Crippen LogP contribution < -0.4 is 0 Å². The molecule has 4 aliphatic rings. The van der Waals surface area contributed by atoms with E-state index < -0.39 is 0 Å². The van der Waals surface area contributed by atoms with Gasteiger partial charge in [-0.1, -0.05) is 30.7 Å². The second-order valence-corrected chi connectivity index (χ2v) is 5.16. The first kappa shape index (κ1) is 8.46. The first-order valence-corrected chi connectivity index (χ1v) is 5.55. The monoisotopic (exact) mass is 188 g/mol. The Balaban J connectivity index is 2.18. The van der Waals surface area contributed by atoms with Gasteiger partial charge in [-0.3, -0.25) is 4.79 Å². The van der Waals surface area contributed by atoms with E-state index >= 15 is 0 Å². The van der Waals surface area contributed by atoms with Crippen molar-refractivity contribution in [1.82, 2.24) is 0 Å². The summed E-state index contributed by atoms with van der Waals surface area (Å²) in [6, 6.07) is 0. The third kappa shape index (κ3) is 0.749. The summed E-state index contributed by atoms with van der Waals surface area (Å²) < 4.78 is 0. The van der Waals surface area contributed by atoms with Gasteiger partial charge in [-0.15, -0.1) is 0 Å². The van der Waals surface area contributed by atoms with Crippen molar-refractivity contribution in [2.24, 2.45) is 23.2 Å². The zero-order valence-corrected chi connectivity index (χ0v) is 8.79. The fourth-order valence-electron chi connectivity index (χ4n) is 3.74. The number of allylic oxidation sites excluding steroid dienone is 4. The van der Waals surface area contributed by atoms with Gasteiger partial charge < -0.3 is 0 Å². The maximum absolute atomic E-state index is 12.3. The fraction of sp³-hybridized carbons (Fsp3) is 0.615. The van der Waals surface area contributed by atoms with E-state index in [1.807, 2.05) is 0 Å². The highest BCUT2D eigenvalue weighted by Gasteiger charge is 2.55. The maximum atomic E-state index is 12.3. The minimum atomic E-state index is -0.113. The van der Waals surface area contributed by atoms with E-state index in [1.54, 1.807) is 0 Å². The van der Waals surface area contributed by atoms with Gasteiger partial charge in [0, 0.05) is 5.92 Å². The molecule has 0 aliphatic heterocycles. The molecule has 0 amide bonds. The number of Topliss-reactive ketones (excluding diaryl/α,β-unsaturated/α-hetero) is 1. The lowest BCUT2D eigenvalue weighted by Crippen LogP contribution is -2.49. The zero-order valence-electron chi connectivity index (χ0n) is 8.79. The van der Waals surface area contributed by atoms with Crippen LogP contribution in [0.15, 0.2) is 23.8 Å². The van der Waals surface area contributed by atoms with Gasteiger partial charge in [-0.05, 0) is 31.6 Å². The van der Waals surface area contributed by atoms with Crippen molar-refractivity contribution < 1.29 is 4.79 Å². The predicted molar refractivity (Wildman–Crippen MR) is 55.7 cm³/mol. The van der Waals surface area contributed by atoms with E-state index in [0.717, 1.165) is 6.42 Å². The van der Waals surface area contributed by atoms with Gasteiger partial charge in [0.25, 0.3) is 0 Å². The van der Waals surface area contributed by atoms with E-state index in [2.05, 4.69) is 32.1 Å². The Hall–Kier alpha value is -0.850. The molecule has 0 aromatic rings. The normalized spacial score (nSPS) is 49.4. The van der Waals surface area contributed by atoms with Gasteiger partial charge in [0.05, 0.1) is 5.41 Å². The first-order valence-electron chi connectivity index (χ1n) is 5.55. The molecular formula is C13H16O. The van der Waals surface area contributed by atoms with Crippen LogP contribution in [0, 0.1) is 23.2 Å². The summed E-state index contributed by atoms with van der Waals surface area (Å²) in [6.07, 6.45) is 8.89. The third-order valence-electron chi connectivity index (χ3n) is 4.54. The van der Waals surface area contributed by atoms with Gasteiger partial charge in [0.2, 0.25) is 0 Å². The molecule has 0 saturated heterocycles. The molecule has 14 heavy (non-hydrogen) atoms. The molecule has 4 aliphatic carbocycles. The molecule has 2 bridgehead atoms. The van der Waals surface area contributed by atoms with Gasteiger partial charge >= 0.3 is 0 Å². The van der Waals surface area contributed by atoms with Gasteiger partial charge in [-0.2, -0.15) is 0 Å². The number of carbonyl (C=O) groups excluding carboxylic acids is 1. The standard InChI is InChI=1S/C13H16O/c1-8-7-13-5-3-4-10(13)6-11(8)9(2)12(13)14/h3-4,7,9-11H,5-6H2,1-2H3/t9-,10-,11-,13+/m0/s1. The highest BCUT2D eigenvalue weighted by atomic mass is 16.1. The summed E-state index contributed by atoms with van der Waals surface area (Å²) in [6.45, 7) is 4.31. The predicted octanol–water partition coefficient (Wildman–Crippen LogP) is 2.73. The number of fused-ring (bicyclic) bond motifs is 1. The average molecular weight is 188 g/mol. The molecule has 4 atom stereocenters. The molecule has 0 radical (unpaired) electrons. The summed E-state index contributed by atoms with van der Waals surface area (Å²) in [5.41, 5.74) is 1.34. The van der Waals surface area contributed by atoms with E-state index in [0.29, 0.717) is 17.6 Å². The molecule has 74 valence electrons. The second-order valence-electron chi connectivity index (χ2n) is 5.16. The lowest BCUT2D eigenvalue weighted by Gasteiger charge is -2.48. The summed E-state index contributed by atoms with van der Waals surface area (Å²) >= 11 is 0. The zero-order chi connectivity index (χ0) is 9.92. The van der Waals surface area contributed by atoms with Crippen LogP contribution in [0.1, 0.15) is 26.7 Å². The van der Waals surface area contributed by atoms with Crippen molar-refractivity contribution in [3.63, 3.8) is 0 Å². The number of hydrogen-bond donors (Lipinski definition) is 0. The molecule has 1 fully saturated rings. The average Bonchev–Trinajstić information content (AvgIpc) is 2.56. The van der Waals surface area contributed by atoms with E-state index in [9.17, 15) is 4.79 Å². The van der Waals surface area contributed by atoms with Crippen LogP contribution in [-0.2, 0) is 4.79 Å². The minimum absolute atomic E-state index is 0.113. The van der Waals surface area contributed by atoms with Crippen LogP contribution in [0.4, 0.5) is 0 Å². The Morgan fingerprint density at radius 3 is 3.07 bits per heavy atom. The molecule has 0 aromatic carbocycles. The van der Waals surface area contributed by atoms with Crippen molar-refractivity contribution >= 4 is 5.78 Å². The van der Waals surface area contributed by atoms with Crippen molar-refractivity contribution in [2.45, 2.75) is 26.7 Å². The fourth-order valence-corrected chi connectivity index (χ4v) is 3.74. The van der Waals surface area contributed by atoms with Crippen LogP contribution in [-0.4, -0.2) is 5.78 Å². The van der Waals surface area contributed by atoms with E-state index in [1.165, 1.54) is 12.0 Å². The lowest BCUT2D eigenvalue weighted by atomic mass is 9.53. The molecular weight excluding hydrogens is 172 g/mol. The van der Waals surface area contributed by atoms with Crippen molar-refractivity contribution in [3.8, 4) is 0 Å². The Bertz CT molecular complexity index is 363. The van der Waals surface area contributed by atoms with Crippen molar-refractivity contribution in [1.29, 1.82) is 0 Å². The number of rotatable bonds is 0. The number of hydrogen-bond acceptors (Lipinski definition) is 1. The molecule has 0 unspecified atom stereocenters. The topological polar surface area (TPSA) is 17.1 Å². The molecule has 0 heterocycles. The smallest absolute Gasteiger partial charge is 0.147 e. The molecule has 1 spiro atoms. The highest BCUT2D eigenvalue weighted by molar-refractivity contribution is 5.93. The van der Waals surface area contributed by atoms with Crippen LogP contribution >= 0.6 is 0 Å². The summed E-state index contributed by atoms with van der Waals surface area (Å²) in [5, 5.41) is 0. The summed E-state index contributed by atoms with van der Waals surface area (Å²) in [4.78, 5) is 12.3. The van der Waals surface area contributed by atoms with E-state index in [-0.39, 0.29) is 11.3 Å². The molecule has 1 nitrogen and oxygen atoms in total. The Morgan fingerprint density at radius 1 is 1.50 bits per heavy atom. The lowest BCUT2D eigenvalue weighted by molar-refractivity contribution is -0.137. The minimum Gasteiger partial charge on any atom is -0.298 e.